The molecule has 3 rings (SSSR count). The van der Waals surface area contributed by atoms with Crippen molar-refractivity contribution in [1.82, 2.24) is 14.6 Å². The van der Waals surface area contributed by atoms with Gasteiger partial charge in [0.15, 0.2) is 0 Å². The Balaban J connectivity index is 1.58. The minimum Gasteiger partial charge on any atom is -0.348 e. The first-order valence-electron chi connectivity index (χ1n) is 9.91. The third-order valence-electron chi connectivity index (χ3n) is 4.98. The van der Waals surface area contributed by atoms with Gasteiger partial charge in [-0.2, -0.15) is 4.31 Å². The van der Waals surface area contributed by atoms with Gasteiger partial charge in [-0.05, 0) is 48.6 Å². The molecule has 1 aromatic carbocycles. The van der Waals surface area contributed by atoms with E-state index in [1.807, 2.05) is 13.8 Å². The maximum Gasteiger partial charge on any atom is 0.244 e. The van der Waals surface area contributed by atoms with Crippen molar-refractivity contribution < 1.29 is 17.6 Å². The molecule has 1 saturated heterocycles. The van der Waals surface area contributed by atoms with Crippen LogP contribution in [0.1, 0.15) is 38.3 Å². The van der Waals surface area contributed by atoms with Crippen LogP contribution in [0.3, 0.4) is 0 Å². The van der Waals surface area contributed by atoms with Crippen LogP contribution in [0.15, 0.2) is 52.5 Å². The number of sulfonamides is 1. The lowest BCUT2D eigenvalue weighted by molar-refractivity contribution is -0.119. The molecule has 1 amide bonds. The number of thioether (sulfide) groups is 1. The number of carbonyl (C=O) groups excluding carboxylic acids is 1. The maximum absolute atomic E-state index is 13.2. The molecule has 1 aliphatic rings. The number of aromatic nitrogens is 1. The van der Waals surface area contributed by atoms with Gasteiger partial charge in [-0.3, -0.25) is 4.79 Å². The second kappa shape index (κ2) is 9.89. The topological polar surface area (TPSA) is 79.4 Å². The second-order valence-corrected chi connectivity index (χ2v) is 10.5. The molecular formula is C21H26FN3O3S2. The minimum absolute atomic E-state index is 0.137. The van der Waals surface area contributed by atoms with Crippen molar-refractivity contribution in [1.29, 1.82) is 0 Å². The Hall–Kier alpha value is -1.97. The summed E-state index contributed by atoms with van der Waals surface area (Å²) in [6, 6.07) is 9.06. The minimum atomic E-state index is -3.49. The van der Waals surface area contributed by atoms with Gasteiger partial charge >= 0.3 is 0 Å². The van der Waals surface area contributed by atoms with Gasteiger partial charge in [0.1, 0.15) is 10.7 Å². The Labute approximate surface area is 181 Å². The van der Waals surface area contributed by atoms with Gasteiger partial charge in [0, 0.05) is 19.3 Å². The van der Waals surface area contributed by atoms with E-state index in [0.717, 1.165) is 18.4 Å². The first-order chi connectivity index (χ1) is 14.3. The van der Waals surface area contributed by atoms with Crippen LogP contribution in [0.2, 0.25) is 0 Å². The van der Waals surface area contributed by atoms with Crippen LogP contribution in [0, 0.1) is 11.7 Å². The molecule has 1 aromatic heterocycles. The number of nitrogens with one attached hydrogen (secondary N) is 1. The molecule has 6 nitrogen and oxygen atoms in total. The lowest BCUT2D eigenvalue weighted by Gasteiger charge is -2.23. The van der Waals surface area contributed by atoms with Crippen LogP contribution >= 0.6 is 11.8 Å². The first-order valence-corrected chi connectivity index (χ1v) is 12.3. The van der Waals surface area contributed by atoms with Crippen molar-refractivity contribution in [2.45, 2.75) is 42.7 Å². The smallest absolute Gasteiger partial charge is 0.244 e. The molecule has 1 N–H and O–H groups in total. The summed E-state index contributed by atoms with van der Waals surface area (Å²) in [5, 5.41) is 3.56. The predicted molar refractivity (Wildman–Crippen MR) is 115 cm³/mol. The van der Waals surface area contributed by atoms with Gasteiger partial charge < -0.3 is 5.32 Å². The summed E-state index contributed by atoms with van der Waals surface area (Å²) in [6.07, 6.45) is 3.11. The standard InChI is InChI=1S/C21H26FN3O3S2/c1-15(2)21(16-5-7-17(22)8-6-16)24-19(26)14-29-20-10-9-18(13-23-20)30(27,28)25-11-3-4-12-25/h5-10,13,15,21H,3-4,11-12,14H2,1-2H3,(H,24,26). The number of nitrogens with zero attached hydrogens (tertiary/aromatic N) is 2. The molecule has 0 radical (unpaired) electrons. The first kappa shape index (κ1) is 22.7. The highest BCUT2D eigenvalue weighted by molar-refractivity contribution is 7.99. The zero-order valence-electron chi connectivity index (χ0n) is 17.0. The van der Waals surface area contributed by atoms with Crippen molar-refractivity contribution in [3.05, 3.63) is 54.0 Å². The number of pyridine rings is 1. The van der Waals surface area contributed by atoms with Crippen molar-refractivity contribution >= 4 is 27.7 Å². The van der Waals surface area contributed by atoms with Gasteiger partial charge in [0.25, 0.3) is 0 Å². The Bertz CT molecular complexity index is 958. The molecule has 2 aromatic rings. The fraction of sp³-hybridized carbons (Fsp3) is 0.429. The fourth-order valence-electron chi connectivity index (χ4n) is 3.34. The predicted octanol–water partition coefficient (Wildman–Crippen LogP) is 3.61. The van der Waals surface area contributed by atoms with Crippen LogP contribution < -0.4 is 5.32 Å². The molecule has 0 aliphatic carbocycles. The zero-order valence-corrected chi connectivity index (χ0v) is 18.7. The lowest BCUT2D eigenvalue weighted by Crippen LogP contribution is -2.33. The van der Waals surface area contributed by atoms with Gasteiger partial charge in [0.05, 0.1) is 16.8 Å². The van der Waals surface area contributed by atoms with E-state index in [0.29, 0.717) is 18.1 Å². The third-order valence-corrected chi connectivity index (χ3v) is 7.80. The average Bonchev–Trinajstić information content (AvgIpc) is 3.27. The molecule has 0 saturated carbocycles. The Morgan fingerprint density at radius 3 is 2.40 bits per heavy atom. The van der Waals surface area contributed by atoms with Gasteiger partial charge in [-0.25, -0.2) is 17.8 Å². The van der Waals surface area contributed by atoms with Gasteiger partial charge in [-0.1, -0.05) is 37.7 Å². The molecular weight excluding hydrogens is 425 g/mol. The van der Waals surface area contributed by atoms with Crippen LogP contribution in [0.5, 0.6) is 0 Å². The molecule has 0 bridgehead atoms. The lowest BCUT2D eigenvalue weighted by atomic mass is 9.96. The molecule has 1 atom stereocenters. The molecule has 30 heavy (non-hydrogen) atoms. The Kier molecular flexibility index (Phi) is 7.49. The maximum atomic E-state index is 13.2. The Morgan fingerprint density at radius 1 is 1.17 bits per heavy atom. The van der Waals surface area contributed by atoms with E-state index in [-0.39, 0.29) is 34.3 Å². The van der Waals surface area contributed by atoms with Crippen molar-refractivity contribution in [3.8, 4) is 0 Å². The highest BCUT2D eigenvalue weighted by Gasteiger charge is 2.27. The quantitative estimate of drug-likeness (QED) is 0.620. The molecule has 0 spiro atoms. The highest BCUT2D eigenvalue weighted by atomic mass is 32.2. The number of rotatable bonds is 8. The molecule has 162 valence electrons. The van der Waals surface area contributed by atoms with Crippen molar-refractivity contribution in [2.75, 3.05) is 18.8 Å². The normalized spacial score (nSPS) is 16.0. The summed E-state index contributed by atoms with van der Waals surface area (Å²) in [6.45, 7) is 5.07. The summed E-state index contributed by atoms with van der Waals surface area (Å²) in [7, 11) is -3.49. The van der Waals surface area contributed by atoms with E-state index in [1.165, 1.54) is 40.5 Å². The molecule has 1 fully saturated rings. The van der Waals surface area contributed by atoms with E-state index in [2.05, 4.69) is 10.3 Å². The van der Waals surface area contributed by atoms with E-state index in [1.54, 1.807) is 18.2 Å². The molecule has 9 heteroatoms. The van der Waals surface area contributed by atoms with Crippen molar-refractivity contribution in [2.24, 2.45) is 5.92 Å². The number of hydrogen-bond acceptors (Lipinski definition) is 5. The van der Waals surface area contributed by atoms with E-state index in [4.69, 9.17) is 0 Å². The molecule has 1 unspecified atom stereocenters. The van der Waals surface area contributed by atoms with Crippen LogP contribution in [-0.2, 0) is 14.8 Å². The van der Waals surface area contributed by atoms with E-state index >= 15 is 0 Å². The van der Waals surface area contributed by atoms with Crippen LogP contribution in [-0.4, -0.2) is 42.5 Å². The number of hydrogen-bond donors (Lipinski definition) is 1. The Morgan fingerprint density at radius 2 is 1.83 bits per heavy atom. The van der Waals surface area contributed by atoms with Crippen LogP contribution in [0.25, 0.3) is 0 Å². The zero-order chi connectivity index (χ0) is 21.7. The summed E-state index contributed by atoms with van der Waals surface area (Å²) < 4.78 is 39.7. The summed E-state index contributed by atoms with van der Waals surface area (Å²) in [4.78, 5) is 16.8. The SMILES string of the molecule is CC(C)C(NC(=O)CSc1ccc(S(=O)(=O)N2CCCC2)cn1)c1ccc(F)cc1. The van der Waals surface area contributed by atoms with E-state index < -0.39 is 10.0 Å². The largest absolute Gasteiger partial charge is 0.348 e. The van der Waals surface area contributed by atoms with Crippen LogP contribution in [0.4, 0.5) is 4.39 Å². The number of benzene rings is 1. The average molecular weight is 452 g/mol. The number of amides is 1. The number of carbonyl (C=O) groups is 1. The second-order valence-electron chi connectivity index (χ2n) is 7.57. The van der Waals surface area contributed by atoms with Gasteiger partial charge in [0.2, 0.25) is 15.9 Å². The highest BCUT2D eigenvalue weighted by Crippen LogP contribution is 2.24. The van der Waals surface area contributed by atoms with Crippen molar-refractivity contribution in [3.63, 3.8) is 0 Å². The number of halogens is 1. The summed E-state index contributed by atoms with van der Waals surface area (Å²) in [5.74, 6) is -0.198. The molecule has 1 aliphatic heterocycles. The fourth-order valence-corrected chi connectivity index (χ4v) is 5.46. The third kappa shape index (κ3) is 5.59. The van der Waals surface area contributed by atoms with Gasteiger partial charge in [-0.15, -0.1) is 0 Å². The summed E-state index contributed by atoms with van der Waals surface area (Å²) >= 11 is 1.24. The van der Waals surface area contributed by atoms with E-state index in [9.17, 15) is 17.6 Å². The monoisotopic (exact) mass is 451 g/mol. The summed E-state index contributed by atoms with van der Waals surface area (Å²) in [5.41, 5.74) is 0.847. The molecule has 2 heterocycles.